The maximum Gasteiger partial charge on any atom is 0.230 e. The molecule has 1 aromatic heterocycles. The smallest absolute Gasteiger partial charge is 0.230 e. The number of rotatable bonds is 8. The lowest BCUT2D eigenvalue weighted by Crippen LogP contribution is -2.38. The third-order valence-corrected chi connectivity index (χ3v) is 5.97. The van der Waals surface area contributed by atoms with Crippen molar-refractivity contribution in [3.63, 3.8) is 0 Å². The molecule has 0 spiro atoms. The standard InChI is InChI=1S/C16H28N6O3S/c1-2-3-12-26(23,24)17-13-14-18-15(21-6-4-5-7-21)20-16(19-14)22-8-10-25-11-9-22/h17H,2-13H2,1H3. The second-order valence-corrected chi connectivity index (χ2v) is 8.57. The molecule has 146 valence electrons. The number of morpholine rings is 1. The molecule has 0 atom stereocenters. The van der Waals surface area contributed by atoms with Crippen molar-refractivity contribution in [3.8, 4) is 0 Å². The van der Waals surface area contributed by atoms with Crippen LogP contribution in [0.3, 0.4) is 0 Å². The predicted molar refractivity (Wildman–Crippen MR) is 99.8 cm³/mol. The molecule has 1 N–H and O–H groups in total. The van der Waals surface area contributed by atoms with Gasteiger partial charge in [0.05, 0.1) is 25.5 Å². The first-order valence-electron chi connectivity index (χ1n) is 9.37. The number of nitrogens with zero attached hydrogens (tertiary/aromatic N) is 5. The molecule has 2 aliphatic rings. The van der Waals surface area contributed by atoms with Crippen molar-refractivity contribution in [1.29, 1.82) is 0 Å². The summed E-state index contributed by atoms with van der Waals surface area (Å²) in [6.45, 7) is 6.65. The second-order valence-electron chi connectivity index (χ2n) is 6.64. The average Bonchev–Trinajstić information content (AvgIpc) is 3.20. The van der Waals surface area contributed by atoms with E-state index in [4.69, 9.17) is 4.74 Å². The van der Waals surface area contributed by atoms with Crippen molar-refractivity contribution >= 4 is 21.9 Å². The number of anilines is 2. The van der Waals surface area contributed by atoms with Gasteiger partial charge in [-0.05, 0) is 19.3 Å². The molecule has 0 aliphatic carbocycles. The van der Waals surface area contributed by atoms with Crippen molar-refractivity contribution in [3.05, 3.63) is 5.82 Å². The monoisotopic (exact) mass is 384 g/mol. The molecule has 10 heteroatoms. The summed E-state index contributed by atoms with van der Waals surface area (Å²) in [5.41, 5.74) is 0. The first kappa shape index (κ1) is 19.2. The Morgan fingerprint density at radius 2 is 1.62 bits per heavy atom. The Balaban J connectivity index is 1.77. The fraction of sp³-hybridized carbons (Fsp3) is 0.812. The molecule has 0 aromatic carbocycles. The van der Waals surface area contributed by atoms with Gasteiger partial charge in [-0.3, -0.25) is 0 Å². The summed E-state index contributed by atoms with van der Waals surface area (Å²) in [4.78, 5) is 17.9. The molecule has 0 amide bonds. The number of unbranched alkanes of at least 4 members (excludes halogenated alkanes) is 1. The van der Waals surface area contributed by atoms with Gasteiger partial charge in [0.25, 0.3) is 0 Å². The molecule has 3 heterocycles. The van der Waals surface area contributed by atoms with Crippen molar-refractivity contribution in [2.24, 2.45) is 0 Å². The molecule has 9 nitrogen and oxygen atoms in total. The maximum atomic E-state index is 12.1. The van der Waals surface area contributed by atoms with E-state index in [0.717, 1.165) is 45.4 Å². The highest BCUT2D eigenvalue weighted by molar-refractivity contribution is 7.89. The minimum absolute atomic E-state index is 0.0900. The molecule has 2 aliphatic heterocycles. The van der Waals surface area contributed by atoms with E-state index >= 15 is 0 Å². The molecule has 2 fully saturated rings. The van der Waals surface area contributed by atoms with Crippen LogP contribution < -0.4 is 14.5 Å². The first-order valence-corrected chi connectivity index (χ1v) is 11.0. The van der Waals surface area contributed by atoms with Crippen LogP contribution >= 0.6 is 0 Å². The lowest BCUT2D eigenvalue weighted by Gasteiger charge is -2.28. The van der Waals surface area contributed by atoms with Gasteiger partial charge in [0.2, 0.25) is 21.9 Å². The lowest BCUT2D eigenvalue weighted by atomic mass is 10.4. The Kier molecular flexibility index (Phi) is 6.60. The molecule has 26 heavy (non-hydrogen) atoms. The summed E-state index contributed by atoms with van der Waals surface area (Å²) >= 11 is 0. The largest absolute Gasteiger partial charge is 0.378 e. The zero-order valence-corrected chi connectivity index (χ0v) is 16.2. The van der Waals surface area contributed by atoms with E-state index in [9.17, 15) is 8.42 Å². The van der Waals surface area contributed by atoms with E-state index in [1.54, 1.807) is 0 Å². The summed E-state index contributed by atoms with van der Waals surface area (Å²) in [5, 5.41) is 0. The highest BCUT2D eigenvalue weighted by atomic mass is 32.2. The van der Waals surface area contributed by atoms with E-state index in [1.165, 1.54) is 0 Å². The Morgan fingerprint density at radius 3 is 2.23 bits per heavy atom. The molecule has 0 saturated carbocycles. The van der Waals surface area contributed by atoms with Crippen LogP contribution in [-0.2, 0) is 21.3 Å². The first-order chi connectivity index (χ1) is 12.6. The topological polar surface area (TPSA) is 101 Å². The van der Waals surface area contributed by atoms with Crippen LogP contribution in [0.4, 0.5) is 11.9 Å². The summed E-state index contributed by atoms with van der Waals surface area (Å²) in [5.74, 6) is 1.84. The normalized spacial score (nSPS) is 18.5. The molecule has 2 saturated heterocycles. The second kappa shape index (κ2) is 8.92. The fourth-order valence-electron chi connectivity index (χ4n) is 3.02. The van der Waals surface area contributed by atoms with Crippen molar-refractivity contribution in [2.75, 3.05) is 54.9 Å². The Labute approximate surface area is 155 Å². The van der Waals surface area contributed by atoms with Crippen LogP contribution in [0, 0.1) is 0 Å². The lowest BCUT2D eigenvalue weighted by molar-refractivity contribution is 0.122. The Bertz CT molecular complexity index is 687. The van der Waals surface area contributed by atoms with Gasteiger partial charge >= 0.3 is 0 Å². The van der Waals surface area contributed by atoms with Gasteiger partial charge in [-0.1, -0.05) is 13.3 Å². The van der Waals surface area contributed by atoms with Crippen LogP contribution in [0.25, 0.3) is 0 Å². The van der Waals surface area contributed by atoms with E-state index < -0.39 is 10.0 Å². The summed E-state index contributed by atoms with van der Waals surface area (Å²) in [6.07, 6.45) is 3.73. The highest BCUT2D eigenvalue weighted by Gasteiger charge is 2.21. The molecule has 0 radical (unpaired) electrons. The Hall–Kier alpha value is -1.52. The SMILES string of the molecule is CCCCS(=O)(=O)NCc1nc(N2CCCC2)nc(N2CCOCC2)n1. The van der Waals surface area contributed by atoms with Gasteiger partial charge in [-0.25, -0.2) is 13.1 Å². The van der Waals surface area contributed by atoms with Gasteiger partial charge in [-0.2, -0.15) is 15.0 Å². The zero-order chi connectivity index (χ0) is 18.4. The molecule has 0 bridgehead atoms. The maximum absolute atomic E-state index is 12.1. The van der Waals surface area contributed by atoms with E-state index in [0.29, 0.717) is 37.4 Å². The molecule has 0 unspecified atom stereocenters. The molecular formula is C16H28N6O3S. The number of sulfonamides is 1. The van der Waals surface area contributed by atoms with Crippen LogP contribution in [0.5, 0.6) is 0 Å². The fourth-order valence-corrected chi connectivity index (χ4v) is 4.18. The van der Waals surface area contributed by atoms with Crippen LogP contribution in [0.1, 0.15) is 38.4 Å². The highest BCUT2D eigenvalue weighted by Crippen LogP contribution is 2.19. The molecular weight excluding hydrogens is 356 g/mol. The van der Waals surface area contributed by atoms with Crippen molar-refractivity contribution < 1.29 is 13.2 Å². The minimum atomic E-state index is -3.31. The van der Waals surface area contributed by atoms with Gasteiger partial charge in [0, 0.05) is 26.2 Å². The molecule has 3 rings (SSSR count). The number of ether oxygens (including phenoxy) is 1. The van der Waals surface area contributed by atoms with E-state index in [-0.39, 0.29) is 12.3 Å². The number of hydrogen-bond donors (Lipinski definition) is 1. The van der Waals surface area contributed by atoms with Crippen molar-refractivity contribution in [1.82, 2.24) is 19.7 Å². The minimum Gasteiger partial charge on any atom is -0.378 e. The van der Waals surface area contributed by atoms with E-state index in [1.807, 2.05) is 6.92 Å². The summed E-state index contributed by atoms with van der Waals surface area (Å²) in [7, 11) is -3.31. The molecule has 1 aromatic rings. The van der Waals surface area contributed by atoms with Crippen LogP contribution in [0.15, 0.2) is 0 Å². The van der Waals surface area contributed by atoms with Crippen LogP contribution in [-0.4, -0.2) is 68.5 Å². The van der Waals surface area contributed by atoms with Gasteiger partial charge in [-0.15, -0.1) is 0 Å². The summed E-state index contributed by atoms with van der Waals surface area (Å²) in [6, 6.07) is 0. The van der Waals surface area contributed by atoms with Crippen LogP contribution in [0.2, 0.25) is 0 Å². The van der Waals surface area contributed by atoms with Gasteiger partial charge in [0.15, 0.2) is 5.82 Å². The number of aromatic nitrogens is 3. The third kappa shape index (κ3) is 5.24. The van der Waals surface area contributed by atoms with Gasteiger partial charge < -0.3 is 14.5 Å². The zero-order valence-electron chi connectivity index (χ0n) is 15.4. The van der Waals surface area contributed by atoms with E-state index in [2.05, 4.69) is 29.5 Å². The average molecular weight is 385 g/mol. The van der Waals surface area contributed by atoms with Crippen molar-refractivity contribution in [2.45, 2.75) is 39.2 Å². The quantitative estimate of drug-likeness (QED) is 0.693. The third-order valence-electron chi connectivity index (χ3n) is 4.56. The van der Waals surface area contributed by atoms with Gasteiger partial charge in [0.1, 0.15) is 0 Å². The summed E-state index contributed by atoms with van der Waals surface area (Å²) < 4.78 is 32.2. The number of nitrogens with one attached hydrogen (secondary N) is 1. The Morgan fingerprint density at radius 1 is 1.00 bits per heavy atom. The number of hydrogen-bond acceptors (Lipinski definition) is 8. The predicted octanol–water partition coefficient (Wildman–Crippen LogP) is 0.528.